The molecule has 1 aliphatic rings. The maximum atomic E-state index is 12.9. The molecule has 28 heavy (non-hydrogen) atoms. The van der Waals surface area contributed by atoms with Crippen molar-refractivity contribution >= 4 is 21.6 Å². The van der Waals surface area contributed by atoms with Crippen LogP contribution >= 0.6 is 0 Å². The molecule has 0 aromatic heterocycles. The number of hydrogen-bond acceptors (Lipinski definition) is 4. The Bertz CT molecular complexity index is 955. The maximum Gasteiger partial charge on any atom is 0.241 e. The number of anilines is 1. The number of carbonyl (C=O) groups is 1. The fourth-order valence-corrected chi connectivity index (χ4v) is 4.79. The molecule has 6 nitrogen and oxygen atoms in total. The van der Waals surface area contributed by atoms with Gasteiger partial charge in [0.1, 0.15) is 5.75 Å². The first-order chi connectivity index (χ1) is 13.4. The van der Waals surface area contributed by atoms with Crippen molar-refractivity contribution in [2.45, 2.75) is 44.0 Å². The first kappa shape index (κ1) is 20.4. The predicted octanol–water partition coefficient (Wildman–Crippen LogP) is 3.56. The third-order valence-corrected chi connectivity index (χ3v) is 6.55. The summed E-state index contributed by atoms with van der Waals surface area (Å²) in [5, 5.41) is 0. The Labute approximate surface area is 166 Å². The minimum absolute atomic E-state index is 0.0784. The van der Waals surface area contributed by atoms with Gasteiger partial charge in [-0.1, -0.05) is 19.1 Å². The molecule has 1 aliphatic heterocycles. The zero-order valence-electron chi connectivity index (χ0n) is 16.4. The number of methoxy groups -OCH3 is 1. The second kappa shape index (κ2) is 8.32. The summed E-state index contributed by atoms with van der Waals surface area (Å²) < 4.78 is 33.8. The minimum Gasteiger partial charge on any atom is -0.496 e. The van der Waals surface area contributed by atoms with Gasteiger partial charge in [0.05, 0.1) is 12.0 Å². The number of ether oxygens (including phenoxy) is 1. The van der Waals surface area contributed by atoms with Crippen molar-refractivity contribution in [2.75, 3.05) is 18.6 Å². The van der Waals surface area contributed by atoms with Gasteiger partial charge in [-0.2, -0.15) is 0 Å². The van der Waals surface area contributed by atoms with Crippen LogP contribution in [0.1, 0.15) is 43.4 Å². The second-order valence-electron chi connectivity index (χ2n) is 6.95. The van der Waals surface area contributed by atoms with Crippen molar-refractivity contribution in [2.24, 2.45) is 0 Å². The normalized spacial score (nSPS) is 15.7. The highest BCUT2D eigenvalue weighted by Crippen LogP contribution is 2.27. The largest absolute Gasteiger partial charge is 0.496 e. The number of benzene rings is 2. The number of nitrogens with one attached hydrogen (secondary N) is 1. The van der Waals surface area contributed by atoms with E-state index in [0.717, 1.165) is 29.0 Å². The molecule has 2 aromatic rings. The summed E-state index contributed by atoms with van der Waals surface area (Å²) in [7, 11) is -2.07. The zero-order valence-corrected chi connectivity index (χ0v) is 17.3. The topological polar surface area (TPSA) is 75.7 Å². The molecule has 1 unspecified atom stereocenters. The summed E-state index contributed by atoms with van der Waals surface area (Å²) in [5.74, 6) is 0.850. The number of sulfonamides is 1. The van der Waals surface area contributed by atoms with Gasteiger partial charge in [-0.15, -0.1) is 0 Å². The van der Waals surface area contributed by atoms with E-state index in [9.17, 15) is 13.2 Å². The lowest BCUT2D eigenvalue weighted by Crippen LogP contribution is -2.28. The number of rotatable bonds is 7. The molecular formula is C21H26N2O4S. The Morgan fingerprint density at radius 3 is 2.43 bits per heavy atom. The smallest absolute Gasteiger partial charge is 0.241 e. The molecule has 0 aliphatic carbocycles. The van der Waals surface area contributed by atoms with Gasteiger partial charge in [0.25, 0.3) is 0 Å². The van der Waals surface area contributed by atoms with Crippen LogP contribution in [0, 0.1) is 6.92 Å². The highest BCUT2D eigenvalue weighted by Gasteiger charge is 2.24. The molecule has 1 N–H and O–H groups in total. The SMILES string of the molecule is CCC(NS(=O)(=O)c1ccc(N2CCCC2=O)cc1)c1ccc(OC)c(C)c1. The zero-order chi connectivity index (χ0) is 20.3. The van der Waals surface area contributed by atoms with Crippen LogP contribution in [-0.2, 0) is 14.8 Å². The van der Waals surface area contributed by atoms with Crippen molar-refractivity contribution in [1.82, 2.24) is 4.72 Å². The highest BCUT2D eigenvalue weighted by atomic mass is 32.2. The van der Waals surface area contributed by atoms with Crippen molar-refractivity contribution in [1.29, 1.82) is 0 Å². The Hall–Kier alpha value is -2.38. The molecule has 1 fully saturated rings. The van der Waals surface area contributed by atoms with Gasteiger partial charge in [0.15, 0.2) is 0 Å². The van der Waals surface area contributed by atoms with Crippen LogP contribution < -0.4 is 14.4 Å². The molecule has 1 atom stereocenters. The fraction of sp³-hybridized carbons (Fsp3) is 0.381. The van der Waals surface area contributed by atoms with Crippen LogP contribution in [0.25, 0.3) is 0 Å². The van der Waals surface area contributed by atoms with E-state index in [2.05, 4.69) is 4.72 Å². The average molecular weight is 403 g/mol. The standard InChI is InChI=1S/C21H26N2O4S/c1-4-19(16-7-12-20(27-3)15(2)14-16)22-28(25,26)18-10-8-17(9-11-18)23-13-5-6-21(23)24/h7-12,14,19,22H,4-6,13H2,1-3H3. The van der Waals surface area contributed by atoms with Crippen molar-refractivity contribution in [3.63, 3.8) is 0 Å². The molecule has 0 saturated carbocycles. The molecule has 1 saturated heterocycles. The third-order valence-electron chi connectivity index (χ3n) is 5.06. The number of carbonyl (C=O) groups excluding carboxylic acids is 1. The van der Waals surface area contributed by atoms with E-state index in [1.54, 1.807) is 36.3 Å². The number of hydrogen-bond donors (Lipinski definition) is 1. The van der Waals surface area contributed by atoms with E-state index in [1.807, 2.05) is 32.0 Å². The van der Waals surface area contributed by atoms with Crippen LogP contribution in [0.5, 0.6) is 5.75 Å². The first-order valence-corrected chi connectivity index (χ1v) is 10.9. The Morgan fingerprint density at radius 1 is 1.18 bits per heavy atom. The molecule has 0 bridgehead atoms. The highest BCUT2D eigenvalue weighted by molar-refractivity contribution is 7.89. The fourth-order valence-electron chi connectivity index (χ4n) is 3.49. The Kier molecular flexibility index (Phi) is 6.05. The van der Waals surface area contributed by atoms with Gasteiger partial charge in [0.2, 0.25) is 15.9 Å². The summed E-state index contributed by atoms with van der Waals surface area (Å²) in [6.07, 6.45) is 1.99. The van der Waals surface area contributed by atoms with Gasteiger partial charge in [-0.05, 0) is 61.2 Å². The molecule has 3 rings (SSSR count). The van der Waals surface area contributed by atoms with Gasteiger partial charge in [-0.3, -0.25) is 4.79 Å². The van der Waals surface area contributed by atoms with Crippen LogP contribution in [0.2, 0.25) is 0 Å². The molecule has 7 heteroatoms. The molecule has 2 aromatic carbocycles. The lowest BCUT2D eigenvalue weighted by Gasteiger charge is -2.20. The predicted molar refractivity (Wildman–Crippen MR) is 109 cm³/mol. The van der Waals surface area contributed by atoms with E-state index in [1.165, 1.54) is 0 Å². The van der Waals surface area contributed by atoms with Crippen molar-refractivity contribution in [3.05, 3.63) is 53.6 Å². The van der Waals surface area contributed by atoms with Crippen LogP contribution in [-0.4, -0.2) is 28.0 Å². The number of amides is 1. The summed E-state index contributed by atoms with van der Waals surface area (Å²) in [6.45, 7) is 4.55. The lowest BCUT2D eigenvalue weighted by molar-refractivity contribution is -0.117. The summed E-state index contributed by atoms with van der Waals surface area (Å²) in [5.41, 5.74) is 2.58. The Balaban J connectivity index is 1.79. The lowest BCUT2D eigenvalue weighted by atomic mass is 10.0. The molecule has 0 spiro atoms. The third kappa shape index (κ3) is 4.20. The second-order valence-corrected chi connectivity index (χ2v) is 8.67. The first-order valence-electron chi connectivity index (χ1n) is 9.43. The van der Waals surface area contributed by atoms with E-state index in [-0.39, 0.29) is 16.8 Å². The summed E-state index contributed by atoms with van der Waals surface area (Å²) in [4.78, 5) is 13.7. The molecule has 1 amide bonds. The average Bonchev–Trinajstić information content (AvgIpc) is 3.12. The maximum absolute atomic E-state index is 12.9. The van der Waals surface area contributed by atoms with Gasteiger partial charge in [-0.25, -0.2) is 13.1 Å². The van der Waals surface area contributed by atoms with E-state index in [4.69, 9.17) is 4.74 Å². The minimum atomic E-state index is -3.69. The Morgan fingerprint density at radius 2 is 1.89 bits per heavy atom. The van der Waals surface area contributed by atoms with Crippen LogP contribution in [0.15, 0.2) is 47.4 Å². The summed E-state index contributed by atoms with van der Waals surface area (Å²) >= 11 is 0. The molecular weight excluding hydrogens is 376 g/mol. The van der Waals surface area contributed by atoms with Gasteiger partial charge < -0.3 is 9.64 Å². The van der Waals surface area contributed by atoms with Gasteiger partial charge in [0, 0.05) is 24.7 Å². The van der Waals surface area contributed by atoms with E-state index in [0.29, 0.717) is 19.4 Å². The van der Waals surface area contributed by atoms with Gasteiger partial charge >= 0.3 is 0 Å². The molecule has 150 valence electrons. The van der Waals surface area contributed by atoms with E-state index >= 15 is 0 Å². The molecule has 0 radical (unpaired) electrons. The number of nitrogens with zero attached hydrogens (tertiary/aromatic N) is 1. The number of aryl methyl sites for hydroxylation is 1. The quantitative estimate of drug-likeness (QED) is 0.768. The van der Waals surface area contributed by atoms with Crippen LogP contribution in [0.4, 0.5) is 5.69 Å². The summed E-state index contributed by atoms with van der Waals surface area (Å²) in [6, 6.07) is 11.8. The van der Waals surface area contributed by atoms with Crippen molar-refractivity contribution < 1.29 is 17.9 Å². The van der Waals surface area contributed by atoms with Crippen LogP contribution in [0.3, 0.4) is 0 Å². The van der Waals surface area contributed by atoms with Crippen molar-refractivity contribution in [3.8, 4) is 5.75 Å². The van der Waals surface area contributed by atoms with E-state index < -0.39 is 10.0 Å². The monoisotopic (exact) mass is 402 g/mol. The molecule has 1 heterocycles.